The predicted octanol–water partition coefficient (Wildman–Crippen LogP) is -0.957. The lowest BCUT2D eigenvalue weighted by atomic mass is 10.0. The predicted molar refractivity (Wildman–Crippen MR) is 42.2 cm³/mol. The SMILES string of the molecule is O=[N+]([O-])C1=CC(O)([N+](=O)[O-])C(O)C=C1. The molecular formula is C6H6N2O6. The van der Waals surface area contributed by atoms with Crippen molar-refractivity contribution in [2.75, 3.05) is 0 Å². The Balaban J connectivity index is 3.14. The summed E-state index contributed by atoms with van der Waals surface area (Å²) in [5.74, 6) is 0. The molecule has 0 aromatic rings. The molecule has 8 heteroatoms. The third kappa shape index (κ3) is 1.47. The van der Waals surface area contributed by atoms with Crippen molar-refractivity contribution in [1.82, 2.24) is 0 Å². The van der Waals surface area contributed by atoms with Crippen LogP contribution >= 0.6 is 0 Å². The first-order valence-corrected chi connectivity index (χ1v) is 3.48. The third-order valence-electron chi connectivity index (χ3n) is 1.75. The topological polar surface area (TPSA) is 127 Å². The van der Waals surface area contributed by atoms with Gasteiger partial charge >= 0.3 is 5.72 Å². The molecule has 0 saturated heterocycles. The molecule has 14 heavy (non-hydrogen) atoms. The molecule has 1 aliphatic rings. The summed E-state index contributed by atoms with van der Waals surface area (Å²) in [4.78, 5) is 18.5. The van der Waals surface area contributed by atoms with Crippen LogP contribution in [0.4, 0.5) is 0 Å². The van der Waals surface area contributed by atoms with Crippen molar-refractivity contribution in [2.24, 2.45) is 0 Å². The first-order valence-electron chi connectivity index (χ1n) is 3.48. The van der Waals surface area contributed by atoms with Gasteiger partial charge in [0, 0.05) is 6.08 Å². The number of aliphatic hydroxyl groups excluding tert-OH is 1. The minimum absolute atomic E-state index is 0.400. The Labute approximate surface area is 77.1 Å². The van der Waals surface area contributed by atoms with Crippen LogP contribution in [0.3, 0.4) is 0 Å². The molecule has 0 heterocycles. The summed E-state index contributed by atoms with van der Waals surface area (Å²) in [5, 5.41) is 38.9. The molecular weight excluding hydrogens is 196 g/mol. The lowest BCUT2D eigenvalue weighted by Gasteiger charge is -2.20. The van der Waals surface area contributed by atoms with Gasteiger partial charge in [0.25, 0.3) is 5.70 Å². The van der Waals surface area contributed by atoms with Gasteiger partial charge in [0.1, 0.15) is 6.08 Å². The van der Waals surface area contributed by atoms with Gasteiger partial charge in [-0.3, -0.25) is 20.2 Å². The fraction of sp³-hybridized carbons (Fsp3) is 0.333. The molecule has 2 N–H and O–H groups in total. The maximum Gasteiger partial charge on any atom is 0.378 e. The monoisotopic (exact) mass is 202 g/mol. The zero-order valence-electron chi connectivity index (χ0n) is 6.73. The van der Waals surface area contributed by atoms with Crippen molar-refractivity contribution < 1.29 is 20.1 Å². The number of nitrogens with zero attached hydrogens (tertiary/aromatic N) is 2. The van der Waals surface area contributed by atoms with Crippen molar-refractivity contribution >= 4 is 0 Å². The van der Waals surface area contributed by atoms with E-state index in [9.17, 15) is 25.3 Å². The molecule has 0 aliphatic heterocycles. The van der Waals surface area contributed by atoms with Gasteiger partial charge in [-0.05, 0) is 6.08 Å². The van der Waals surface area contributed by atoms with E-state index in [2.05, 4.69) is 0 Å². The van der Waals surface area contributed by atoms with E-state index in [1.807, 2.05) is 0 Å². The van der Waals surface area contributed by atoms with Gasteiger partial charge in [0.15, 0.2) is 6.10 Å². The highest BCUT2D eigenvalue weighted by Gasteiger charge is 2.49. The van der Waals surface area contributed by atoms with Crippen molar-refractivity contribution in [3.8, 4) is 0 Å². The zero-order chi connectivity index (χ0) is 10.9. The molecule has 1 rings (SSSR count). The average Bonchev–Trinajstić information content (AvgIpc) is 2.09. The van der Waals surface area contributed by atoms with E-state index in [1.165, 1.54) is 0 Å². The van der Waals surface area contributed by atoms with Crippen molar-refractivity contribution in [3.63, 3.8) is 0 Å². The smallest absolute Gasteiger partial charge is 0.378 e. The van der Waals surface area contributed by atoms with Gasteiger partial charge in [-0.2, -0.15) is 0 Å². The van der Waals surface area contributed by atoms with Crippen LogP contribution in [-0.4, -0.2) is 31.9 Å². The molecule has 8 nitrogen and oxygen atoms in total. The maximum absolute atomic E-state index is 10.3. The molecule has 0 bridgehead atoms. The maximum atomic E-state index is 10.3. The van der Waals surface area contributed by atoms with E-state index in [0.29, 0.717) is 6.08 Å². The molecule has 0 aromatic carbocycles. The molecule has 0 amide bonds. The number of nitro groups is 2. The minimum Gasteiger partial charge on any atom is -0.379 e. The normalized spacial score (nSPS) is 31.0. The molecule has 0 radical (unpaired) electrons. The molecule has 0 spiro atoms. The minimum atomic E-state index is -2.82. The Morgan fingerprint density at radius 3 is 2.43 bits per heavy atom. The zero-order valence-corrected chi connectivity index (χ0v) is 6.73. The third-order valence-corrected chi connectivity index (χ3v) is 1.75. The van der Waals surface area contributed by atoms with E-state index < -0.39 is 27.4 Å². The number of allylic oxidation sites excluding steroid dienone is 1. The van der Waals surface area contributed by atoms with E-state index in [4.69, 9.17) is 5.11 Å². The molecule has 0 aromatic heterocycles. The van der Waals surface area contributed by atoms with Gasteiger partial charge in [0.05, 0.1) is 9.85 Å². The number of hydrogen-bond acceptors (Lipinski definition) is 6. The molecule has 2 atom stereocenters. The second-order valence-electron chi connectivity index (χ2n) is 2.67. The second kappa shape index (κ2) is 3.16. The summed E-state index contributed by atoms with van der Waals surface area (Å²) in [6.45, 7) is 0. The van der Waals surface area contributed by atoms with Crippen LogP contribution in [-0.2, 0) is 0 Å². The van der Waals surface area contributed by atoms with Crippen molar-refractivity contribution in [1.29, 1.82) is 0 Å². The van der Waals surface area contributed by atoms with Crippen LogP contribution in [0.2, 0.25) is 0 Å². The van der Waals surface area contributed by atoms with E-state index in [-0.39, 0.29) is 0 Å². The Morgan fingerprint density at radius 2 is 2.00 bits per heavy atom. The quantitative estimate of drug-likeness (QED) is 0.337. The van der Waals surface area contributed by atoms with Gasteiger partial charge in [-0.25, -0.2) is 0 Å². The van der Waals surface area contributed by atoms with Gasteiger partial charge in [-0.1, -0.05) is 0 Å². The first-order chi connectivity index (χ1) is 6.38. The van der Waals surface area contributed by atoms with Gasteiger partial charge in [-0.15, -0.1) is 0 Å². The summed E-state index contributed by atoms with van der Waals surface area (Å²) >= 11 is 0. The highest BCUT2D eigenvalue weighted by atomic mass is 16.7. The summed E-state index contributed by atoms with van der Waals surface area (Å²) in [6.07, 6.45) is 0.294. The number of rotatable bonds is 2. The summed E-state index contributed by atoms with van der Waals surface area (Å²) in [7, 11) is 0. The van der Waals surface area contributed by atoms with Crippen LogP contribution in [0.15, 0.2) is 23.9 Å². The summed E-state index contributed by atoms with van der Waals surface area (Å²) in [5.41, 5.74) is -3.45. The molecule has 76 valence electrons. The van der Waals surface area contributed by atoms with E-state index in [1.54, 1.807) is 0 Å². The fourth-order valence-corrected chi connectivity index (χ4v) is 0.957. The lowest BCUT2D eigenvalue weighted by Crippen LogP contribution is -2.48. The molecule has 1 aliphatic carbocycles. The number of hydrogen-bond donors (Lipinski definition) is 2. The fourth-order valence-electron chi connectivity index (χ4n) is 0.957. The standard InChI is InChI=1S/C6H6N2O6/c9-5-2-1-4(7(11)12)3-6(5,10)8(13)14/h1-3,5,9-10H. The van der Waals surface area contributed by atoms with Gasteiger partial charge < -0.3 is 10.2 Å². The Kier molecular flexibility index (Phi) is 2.32. The Morgan fingerprint density at radius 1 is 1.43 bits per heavy atom. The van der Waals surface area contributed by atoms with Crippen LogP contribution in [0.25, 0.3) is 0 Å². The first kappa shape index (κ1) is 10.3. The summed E-state index contributed by atoms with van der Waals surface area (Å²) in [6, 6.07) is 0. The Hall–Kier alpha value is -1.80. The molecule has 2 unspecified atom stereocenters. The lowest BCUT2D eigenvalue weighted by molar-refractivity contribution is -0.619. The van der Waals surface area contributed by atoms with Crippen LogP contribution < -0.4 is 0 Å². The highest BCUT2D eigenvalue weighted by molar-refractivity contribution is 5.24. The molecule has 0 saturated carbocycles. The van der Waals surface area contributed by atoms with E-state index in [0.717, 1.165) is 12.2 Å². The highest BCUT2D eigenvalue weighted by Crippen LogP contribution is 2.22. The average molecular weight is 202 g/mol. The van der Waals surface area contributed by atoms with Crippen LogP contribution in [0.1, 0.15) is 0 Å². The second-order valence-corrected chi connectivity index (χ2v) is 2.67. The van der Waals surface area contributed by atoms with Crippen LogP contribution in [0, 0.1) is 20.2 Å². The van der Waals surface area contributed by atoms with E-state index >= 15 is 0 Å². The number of aliphatic hydroxyl groups is 2. The Bertz CT molecular complexity index is 348. The van der Waals surface area contributed by atoms with Crippen molar-refractivity contribution in [2.45, 2.75) is 11.8 Å². The van der Waals surface area contributed by atoms with Crippen LogP contribution in [0.5, 0.6) is 0 Å². The molecule has 0 fully saturated rings. The van der Waals surface area contributed by atoms with Gasteiger partial charge in [0.2, 0.25) is 0 Å². The largest absolute Gasteiger partial charge is 0.379 e. The summed E-state index contributed by atoms with van der Waals surface area (Å²) < 4.78 is 0. The van der Waals surface area contributed by atoms with Crippen molar-refractivity contribution in [3.05, 3.63) is 44.2 Å².